The van der Waals surface area contributed by atoms with E-state index in [4.69, 9.17) is 4.74 Å². The van der Waals surface area contributed by atoms with Gasteiger partial charge in [0.15, 0.2) is 0 Å². The monoisotopic (exact) mass is 152 g/mol. The normalized spacial score (nSPS) is 22.7. The lowest BCUT2D eigenvalue weighted by Crippen LogP contribution is -2.10. The summed E-state index contributed by atoms with van der Waals surface area (Å²) in [6, 6.07) is 0. The van der Waals surface area contributed by atoms with Crippen molar-refractivity contribution in [3.63, 3.8) is 0 Å². The van der Waals surface area contributed by atoms with Crippen molar-refractivity contribution in [2.75, 3.05) is 0 Å². The summed E-state index contributed by atoms with van der Waals surface area (Å²) >= 11 is 0. The van der Waals surface area contributed by atoms with Gasteiger partial charge in [-0.2, -0.15) is 0 Å². The fourth-order valence-electron chi connectivity index (χ4n) is 1.17. The van der Waals surface area contributed by atoms with Crippen molar-refractivity contribution < 1.29 is 4.74 Å². The minimum atomic E-state index is 0.321. The van der Waals surface area contributed by atoms with E-state index < -0.39 is 0 Å². The second-order valence-corrected chi connectivity index (χ2v) is 2.83. The first kappa shape index (κ1) is 8.38. The number of hydrogen-bond acceptors (Lipinski definition) is 1. The summed E-state index contributed by atoms with van der Waals surface area (Å²) in [5.41, 5.74) is 0. The molecule has 0 saturated heterocycles. The van der Waals surface area contributed by atoms with Gasteiger partial charge in [-0.15, -0.1) is 0 Å². The highest BCUT2D eigenvalue weighted by atomic mass is 16.5. The maximum absolute atomic E-state index is 5.65. The summed E-state index contributed by atoms with van der Waals surface area (Å²) in [6.45, 7) is 4.31. The summed E-state index contributed by atoms with van der Waals surface area (Å²) in [4.78, 5) is 0. The Hall–Kier alpha value is -0.720. The number of allylic oxidation sites excluding steroid dienone is 3. The molecule has 1 heterocycles. The Kier molecular flexibility index (Phi) is 3.21. The fraction of sp³-hybridized carbons (Fsp3) is 0.600. The Morgan fingerprint density at radius 3 is 2.91 bits per heavy atom. The van der Waals surface area contributed by atoms with E-state index in [1.165, 1.54) is 0 Å². The first-order valence-electron chi connectivity index (χ1n) is 4.40. The van der Waals surface area contributed by atoms with Crippen LogP contribution in [0.1, 0.15) is 33.1 Å². The van der Waals surface area contributed by atoms with E-state index in [2.05, 4.69) is 32.1 Å². The quantitative estimate of drug-likeness (QED) is 0.604. The van der Waals surface area contributed by atoms with Crippen LogP contribution >= 0.6 is 0 Å². The molecule has 0 spiro atoms. The van der Waals surface area contributed by atoms with Crippen molar-refractivity contribution >= 4 is 0 Å². The molecule has 1 rings (SSSR count). The molecule has 0 aliphatic carbocycles. The highest BCUT2D eigenvalue weighted by Crippen LogP contribution is 2.16. The van der Waals surface area contributed by atoms with Gasteiger partial charge in [0, 0.05) is 6.42 Å². The van der Waals surface area contributed by atoms with E-state index in [-0.39, 0.29) is 0 Å². The summed E-state index contributed by atoms with van der Waals surface area (Å²) in [6.07, 6.45) is 9.90. The number of rotatable bonds is 3. The van der Waals surface area contributed by atoms with E-state index in [0.717, 1.165) is 25.0 Å². The average Bonchev–Trinajstić information content (AvgIpc) is 2.06. The van der Waals surface area contributed by atoms with E-state index in [9.17, 15) is 0 Å². The van der Waals surface area contributed by atoms with Gasteiger partial charge in [0.1, 0.15) is 6.10 Å². The summed E-state index contributed by atoms with van der Waals surface area (Å²) < 4.78 is 5.65. The molecule has 1 heteroatoms. The summed E-state index contributed by atoms with van der Waals surface area (Å²) in [5.74, 6) is 1.14. The molecule has 0 radical (unpaired) electrons. The van der Waals surface area contributed by atoms with Crippen LogP contribution in [0.3, 0.4) is 0 Å². The van der Waals surface area contributed by atoms with Crippen molar-refractivity contribution in [1.29, 1.82) is 0 Å². The van der Waals surface area contributed by atoms with Crippen LogP contribution in [-0.4, -0.2) is 6.10 Å². The van der Waals surface area contributed by atoms with Crippen molar-refractivity contribution in [2.45, 2.75) is 39.2 Å². The minimum absolute atomic E-state index is 0.321. The van der Waals surface area contributed by atoms with Gasteiger partial charge >= 0.3 is 0 Å². The van der Waals surface area contributed by atoms with E-state index in [1.54, 1.807) is 0 Å². The summed E-state index contributed by atoms with van der Waals surface area (Å²) in [5, 5.41) is 0. The van der Waals surface area contributed by atoms with Gasteiger partial charge in [-0.25, -0.2) is 0 Å². The zero-order chi connectivity index (χ0) is 8.10. The van der Waals surface area contributed by atoms with Crippen LogP contribution in [0.15, 0.2) is 24.0 Å². The predicted octanol–water partition coefficient (Wildman–Crippen LogP) is 3.04. The molecule has 11 heavy (non-hydrogen) atoms. The second-order valence-electron chi connectivity index (χ2n) is 2.83. The van der Waals surface area contributed by atoms with E-state index in [1.807, 2.05) is 0 Å². The Bertz CT molecular complexity index is 168. The molecule has 0 aromatic rings. The SMILES string of the molecule is CCCC1=CC=CC(CC)O1. The van der Waals surface area contributed by atoms with Gasteiger partial charge in [0.05, 0.1) is 5.76 Å². The molecule has 0 aromatic heterocycles. The van der Waals surface area contributed by atoms with Crippen LogP contribution in [0, 0.1) is 0 Å². The lowest BCUT2D eigenvalue weighted by molar-refractivity contribution is 0.139. The Balaban J connectivity index is 2.43. The van der Waals surface area contributed by atoms with Gasteiger partial charge in [-0.3, -0.25) is 0 Å². The van der Waals surface area contributed by atoms with Crippen LogP contribution in [-0.2, 0) is 4.74 Å². The maximum Gasteiger partial charge on any atom is 0.116 e. The highest BCUT2D eigenvalue weighted by molar-refractivity contribution is 5.14. The number of ether oxygens (including phenoxy) is 1. The minimum Gasteiger partial charge on any atom is -0.491 e. The highest BCUT2D eigenvalue weighted by Gasteiger charge is 2.07. The van der Waals surface area contributed by atoms with E-state index >= 15 is 0 Å². The third kappa shape index (κ3) is 2.41. The van der Waals surface area contributed by atoms with Crippen molar-refractivity contribution in [3.8, 4) is 0 Å². The smallest absolute Gasteiger partial charge is 0.116 e. The predicted molar refractivity (Wildman–Crippen MR) is 47.3 cm³/mol. The first-order valence-corrected chi connectivity index (χ1v) is 4.40. The molecule has 1 nitrogen and oxygen atoms in total. The van der Waals surface area contributed by atoms with Gasteiger partial charge in [0.2, 0.25) is 0 Å². The molecule has 0 saturated carbocycles. The van der Waals surface area contributed by atoms with Crippen LogP contribution in [0.25, 0.3) is 0 Å². The molecular weight excluding hydrogens is 136 g/mol. The maximum atomic E-state index is 5.65. The average molecular weight is 152 g/mol. The van der Waals surface area contributed by atoms with Crippen molar-refractivity contribution in [3.05, 3.63) is 24.0 Å². The van der Waals surface area contributed by atoms with Gasteiger partial charge < -0.3 is 4.74 Å². The fourth-order valence-corrected chi connectivity index (χ4v) is 1.17. The zero-order valence-corrected chi connectivity index (χ0v) is 7.34. The molecule has 1 aliphatic rings. The van der Waals surface area contributed by atoms with Crippen LogP contribution < -0.4 is 0 Å². The molecule has 0 fully saturated rings. The first-order chi connectivity index (χ1) is 5.36. The molecule has 62 valence electrons. The molecule has 1 atom stereocenters. The molecular formula is C10H16O. The Labute approximate surface area is 68.8 Å². The third-order valence-corrected chi connectivity index (χ3v) is 1.81. The van der Waals surface area contributed by atoms with Crippen molar-refractivity contribution in [1.82, 2.24) is 0 Å². The molecule has 0 bridgehead atoms. The molecule has 1 aliphatic heterocycles. The largest absolute Gasteiger partial charge is 0.491 e. The Morgan fingerprint density at radius 1 is 1.45 bits per heavy atom. The molecule has 0 amide bonds. The third-order valence-electron chi connectivity index (χ3n) is 1.81. The molecule has 1 unspecified atom stereocenters. The van der Waals surface area contributed by atoms with Crippen LogP contribution in [0.5, 0.6) is 0 Å². The van der Waals surface area contributed by atoms with Crippen molar-refractivity contribution in [2.24, 2.45) is 0 Å². The van der Waals surface area contributed by atoms with Crippen LogP contribution in [0.4, 0.5) is 0 Å². The zero-order valence-electron chi connectivity index (χ0n) is 7.34. The molecule has 0 N–H and O–H groups in total. The lowest BCUT2D eigenvalue weighted by atomic mass is 10.2. The van der Waals surface area contributed by atoms with Gasteiger partial charge in [-0.1, -0.05) is 19.9 Å². The standard InChI is InChI=1S/C10H16O/c1-3-6-10-8-5-7-9(4-2)11-10/h5,7-9H,3-4,6H2,1-2H3. The topological polar surface area (TPSA) is 9.23 Å². The second kappa shape index (κ2) is 4.22. The Morgan fingerprint density at radius 2 is 2.27 bits per heavy atom. The summed E-state index contributed by atoms with van der Waals surface area (Å²) in [7, 11) is 0. The lowest BCUT2D eigenvalue weighted by Gasteiger charge is -2.19. The van der Waals surface area contributed by atoms with Crippen LogP contribution in [0.2, 0.25) is 0 Å². The van der Waals surface area contributed by atoms with E-state index in [0.29, 0.717) is 6.10 Å². The van der Waals surface area contributed by atoms with Gasteiger partial charge in [0.25, 0.3) is 0 Å². The number of hydrogen-bond donors (Lipinski definition) is 0. The molecule has 0 aromatic carbocycles. The van der Waals surface area contributed by atoms with Gasteiger partial charge in [-0.05, 0) is 25.0 Å².